The molecule has 1 saturated heterocycles. The highest BCUT2D eigenvalue weighted by molar-refractivity contribution is 7.12. The Labute approximate surface area is 248 Å². The number of para-hydroxylation sites is 1. The molecule has 1 aliphatic heterocycles. The highest BCUT2D eigenvalue weighted by Crippen LogP contribution is 2.33. The Balaban J connectivity index is 1.20. The maximum atomic E-state index is 13.4. The molecule has 0 radical (unpaired) electrons. The van der Waals surface area contributed by atoms with E-state index in [0.717, 1.165) is 40.8 Å². The van der Waals surface area contributed by atoms with Crippen LogP contribution in [0.25, 0.3) is 22.0 Å². The minimum atomic E-state index is -0.462. The number of fused-ring (bicyclic) bond motifs is 1. The molecule has 1 aliphatic rings. The maximum Gasteiger partial charge on any atom is 0.267 e. The second kappa shape index (κ2) is 11.5. The van der Waals surface area contributed by atoms with Gasteiger partial charge in [-0.1, -0.05) is 24.3 Å². The van der Waals surface area contributed by atoms with Crippen LogP contribution in [-0.2, 0) is 6.54 Å². The number of rotatable bonds is 8. The van der Waals surface area contributed by atoms with Gasteiger partial charge in [-0.3, -0.25) is 24.3 Å². The third kappa shape index (κ3) is 5.21. The zero-order valence-corrected chi connectivity index (χ0v) is 24.8. The molecule has 1 amide bonds. The normalized spacial score (nSPS) is 14.1. The van der Waals surface area contributed by atoms with E-state index >= 15 is 0 Å². The van der Waals surface area contributed by atoms with E-state index in [0.29, 0.717) is 53.1 Å². The van der Waals surface area contributed by atoms with Crippen molar-refractivity contribution in [2.75, 3.05) is 41.7 Å². The largest absolute Gasteiger partial charge is 0.380 e. The van der Waals surface area contributed by atoms with E-state index in [1.807, 2.05) is 65.7 Å². The first-order valence-electron chi connectivity index (χ1n) is 14.2. The van der Waals surface area contributed by atoms with E-state index in [4.69, 9.17) is 0 Å². The number of nitrogens with zero attached hydrogens (tertiary/aromatic N) is 3. The van der Waals surface area contributed by atoms with Gasteiger partial charge in [0.2, 0.25) is 10.9 Å². The fourth-order valence-electron chi connectivity index (χ4n) is 5.67. The monoisotopic (exact) mass is 579 g/mol. The van der Waals surface area contributed by atoms with Crippen molar-refractivity contribution in [3.05, 3.63) is 103 Å². The van der Waals surface area contributed by atoms with Gasteiger partial charge in [0.25, 0.3) is 5.91 Å². The average Bonchev–Trinajstić information content (AvgIpc) is 3.48. The number of thiophene rings is 1. The third-order valence-corrected chi connectivity index (χ3v) is 9.00. The smallest absolute Gasteiger partial charge is 0.267 e. The lowest BCUT2D eigenvalue weighted by Crippen LogP contribution is -2.52. The fourth-order valence-corrected chi connectivity index (χ4v) is 6.44. The first kappa shape index (κ1) is 27.8. The van der Waals surface area contributed by atoms with Crippen LogP contribution in [0.1, 0.15) is 34.6 Å². The van der Waals surface area contributed by atoms with Gasteiger partial charge in [-0.15, -0.1) is 11.3 Å². The predicted octanol–water partition coefficient (Wildman–Crippen LogP) is 5.26. The maximum absolute atomic E-state index is 13.4. The quantitative estimate of drug-likeness (QED) is 0.242. The number of hydrogen-bond acceptors (Lipinski definition) is 8. The van der Waals surface area contributed by atoms with Crippen molar-refractivity contribution in [3.8, 4) is 11.1 Å². The van der Waals surface area contributed by atoms with Crippen LogP contribution in [-0.4, -0.2) is 48.0 Å². The first-order valence-corrected chi connectivity index (χ1v) is 15.1. The van der Waals surface area contributed by atoms with Crippen LogP contribution in [0.15, 0.2) is 75.8 Å². The molecular weight excluding hydrogens is 546 g/mol. The molecule has 9 heteroatoms. The molecule has 3 heterocycles. The van der Waals surface area contributed by atoms with Crippen molar-refractivity contribution in [1.29, 1.82) is 0 Å². The predicted molar refractivity (Wildman–Crippen MR) is 172 cm³/mol. The molecule has 6 rings (SSSR count). The first-order chi connectivity index (χ1) is 20.3. The molecule has 0 spiro atoms. The van der Waals surface area contributed by atoms with Crippen molar-refractivity contribution >= 4 is 45.2 Å². The van der Waals surface area contributed by atoms with Crippen molar-refractivity contribution < 1.29 is 4.79 Å². The summed E-state index contributed by atoms with van der Waals surface area (Å²) in [6.07, 6.45) is 1.79. The van der Waals surface area contributed by atoms with Crippen molar-refractivity contribution in [2.24, 2.45) is 0 Å². The molecule has 0 aliphatic carbocycles. The number of aromatic nitrogens is 1. The molecule has 42 heavy (non-hydrogen) atoms. The number of benzene rings is 2. The molecule has 1 fully saturated rings. The number of aryl methyl sites for hydroxylation is 1. The molecule has 2 N–H and O–H groups in total. The molecule has 5 aromatic rings. The van der Waals surface area contributed by atoms with E-state index in [9.17, 15) is 14.4 Å². The van der Waals surface area contributed by atoms with Crippen LogP contribution < -0.4 is 26.4 Å². The summed E-state index contributed by atoms with van der Waals surface area (Å²) in [6, 6.07) is 17.8. The summed E-state index contributed by atoms with van der Waals surface area (Å²) in [6.45, 7) is 9.90. The topological polar surface area (TPSA) is 94.6 Å². The van der Waals surface area contributed by atoms with Crippen molar-refractivity contribution in [3.63, 3.8) is 0 Å². The molecule has 214 valence electrons. The van der Waals surface area contributed by atoms with Crippen LogP contribution in [0.2, 0.25) is 0 Å². The summed E-state index contributed by atoms with van der Waals surface area (Å²) in [4.78, 5) is 48.3. The Kier molecular flexibility index (Phi) is 7.62. The molecule has 0 saturated carbocycles. The molecule has 0 atom stereocenters. The number of pyridine rings is 1. The number of nitrogens with one attached hydrogen (secondary N) is 2. The van der Waals surface area contributed by atoms with E-state index in [1.165, 1.54) is 11.3 Å². The van der Waals surface area contributed by atoms with Crippen LogP contribution in [0, 0.1) is 6.92 Å². The minimum Gasteiger partial charge on any atom is -0.380 e. The van der Waals surface area contributed by atoms with Gasteiger partial charge >= 0.3 is 0 Å². The standard InChI is InChI=1S/C33H33N5O3S/c1-20(2)37-13-15-38(16-14-37)29-28(30(39)31(29)40)25-18-23(9-8-21(25)3)36-33(41)32-27(11-17-42-32)35-19-22-10-12-34-26-7-5-4-6-24(22)26/h4-12,17-18,20,35H,13-16,19H2,1-3H3,(H,36,41). The van der Waals surface area contributed by atoms with E-state index in [-0.39, 0.29) is 5.91 Å². The number of piperazine rings is 1. The highest BCUT2D eigenvalue weighted by atomic mass is 32.1. The summed E-state index contributed by atoms with van der Waals surface area (Å²) in [5, 5.41) is 9.37. The van der Waals surface area contributed by atoms with E-state index in [2.05, 4.69) is 34.4 Å². The summed E-state index contributed by atoms with van der Waals surface area (Å²) in [5.74, 6) is -0.239. The van der Waals surface area contributed by atoms with Crippen LogP contribution in [0.3, 0.4) is 0 Å². The van der Waals surface area contributed by atoms with Gasteiger partial charge in [-0.25, -0.2) is 0 Å². The Morgan fingerprint density at radius 2 is 1.79 bits per heavy atom. The number of carbonyl (C=O) groups is 1. The highest BCUT2D eigenvalue weighted by Gasteiger charge is 2.30. The fraction of sp³-hybridized carbons (Fsp3) is 0.273. The summed E-state index contributed by atoms with van der Waals surface area (Å²) >= 11 is 1.36. The van der Waals surface area contributed by atoms with Gasteiger partial charge < -0.3 is 15.5 Å². The zero-order chi connectivity index (χ0) is 29.4. The molecule has 0 unspecified atom stereocenters. The molecule has 0 bridgehead atoms. The van der Waals surface area contributed by atoms with Gasteiger partial charge in [0.1, 0.15) is 10.6 Å². The lowest BCUT2D eigenvalue weighted by atomic mass is 9.93. The summed E-state index contributed by atoms with van der Waals surface area (Å²) < 4.78 is 0. The number of amides is 1. The lowest BCUT2D eigenvalue weighted by molar-refractivity contribution is 0.103. The van der Waals surface area contributed by atoms with Crippen molar-refractivity contribution in [1.82, 2.24) is 9.88 Å². The molecule has 8 nitrogen and oxygen atoms in total. The average molecular weight is 580 g/mol. The van der Waals surface area contributed by atoms with Gasteiger partial charge in [-0.2, -0.15) is 0 Å². The Bertz CT molecular complexity index is 1840. The summed E-state index contributed by atoms with van der Waals surface area (Å²) in [5.41, 5.74) is 4.98. The second-order valence-corrected chi connectivity index (χ2v) is 11.9. The van der Waals surface area contributed by atoms with Crippen molar-refractivity contribution in [2.45, 2.75) is 33.4 Å². The Morgan fingerprint density at radius 3 is 2.57 bits per heavy atom. The minimum absolute atomic E-state index is 0.239. The molecule has 3 aromatic carbocycles. The second-order valence-electron chi connectivity index (χ2n) is 11.0. The summed E-state index contributed by atoms with van der Waals surface area (Å²) in [7, 11) is 0. The lowest BCUT2D eigenvalue weighted by Gasteiger charge is -2.39. The number of anilines is 3. The van der Waals surface area contributed by atoms with Gasteiger partial charge in [0.05, 0.1) is 16.8 Å². The van der Waals surface area contributed by atoms with E-state index < -0.39 is 10.9 Å². The van der Waals surface area contributed by atoms with E-state index in [1.54, 1.807) is 12.3 Å². The van der Waals surface area contributed by atoms with Crippen LogP contribution in [0.4, 0.5) is 17.1 Å². The number of carbonyl (C=O) groups excluding carboxylic acids is 1. The van der Waals surface area contributed by atoms with Crippen LogP contribution >= 0.6 is 11.3 Å². The molecule has 2 aromatic heterocycles. The molecular formula is C33H33N5O3S. The Morgan fingerprint density at radius 1 is 1.00 bits per heavy atom. The SMILES string of the molecule is Cc1ccc(NC(=O)c2sccc2NCc2ccnc3ccccc23)cc1-c1c(N2CCN(C(C)C)CC2)c(=O)c1=O. The van der Waals surface area contributed by atoms with Crippen LogP contribution in [0.5, 0.6) is 0 Å². The zero-order valence-electron chi connectivity index (χ0n) is 23.9. The van der Waals surface area contributed by atoms with Gasteiger partial charge in [0.15, 0.2) is 0 Å². The van der Waals surface area contributed by atoms with Gasteiger partial charge in [0, 0.05) is 56.0 Å². The Hall–Kier alpha value is -4.34. The van der Waals surface area contributed by atoms with Gasteiger partial charge in [-0.05, 0) is 73.2 Å². The third-order valence-electron chi connectivity index (χ3n) is 8.09. The number of hydrogen-bond donors (Lipinski definition) is 2.